The van der Waals surface area contributed by atoms with Gasteiger partial charge < -0.3 is 11.1 Å². The van der Waals surface area contributed by atoms with E-state index in [2.05, 4.69) is 0 Å². The van der Waals surface area contributed by atoms with Crippen LogP contribution < -0.4 is 11.1 Å². The van der Waals surface area contributed by atoms with Crippen LogP contribution in [0.4, 0.5) is 18.9 Å². The Morgan fingerprint density at radius 3 is 2.53 bits per heavy atom. The van der Waals surface area contributed by atoms with Gasteiger partial charge in [-0.15, -0.1) is 0 Å². The summed E-state index contributed by atoms with van der Waals surface area (Å²) in [5.74, 6) is -4.38. The summed E-state index contributed by atoms with van der Waals surface area (Å²) in [6.45, 7) is 1.36. The average molecular weight is 218 g/mol. The molecule has 3 nitrogen and oxygen atoms in total. The Morgan fingerprint density at radius 1 is 1.40 bits per heavy atom. The van der Waals surface area contributed by atoms with Crippen molar-refractivity contribution < 1.29 is 18.0 Å². The van der Waals surface area contributed by atoms with Gasteiger partial charge in [0, 0.05) is 12.1 Å². The van der Waals surface area contributed by atoms with Gasteiger partial charge in [0.05, 0.1) is 11.7 Å². The van der Waals surface area contributed by atoms with Crippen molar-refractivity contribution >= 4 is 11.6 Å². The predicted octanol–water partition coefficient (Wildman–Crippen LogP) is 1.39. The number of hydrogen-bond donors (Lipinski definition) is 2. The first-order valence-corrected chi connectivity index (χ1v) is 4.13. The molecule has 1 aromatic rings. The maximum atomic E-state index is 13.0. The van der Waals surface area contributed by atoms with Crippen LogP contribution in [0.2, 0.25) is 0 Å². The SMILES string of the molecule is C[C@H](N)C(=O)Nc1cc(F)cc(F)c1F. The minimum atomic E-state index is -1.37. The van der Waals surface area contributed by atoms with E-state index in [9.17, 15) is 18.0 Å². The molecule has 3 N–H and O–H groups in total. The summed E-state index contributed by atoms with van der Waals surface area (Å²) in [5.41, 5.74) is 4.63. The van der Waals surface area contributed by atoms with E-state index in [-0.39, 0.29) is 0 Å². The molecule has 0 aromatic heterocycles. The van der Waals surface area contributed by atoms with Crippen molar-refractivity contribution in [1.29, 1.82) is 0 Å². The van der Waals surface area contributed by atoms with Gasteiger partial charge in [-0.25, -0.2) is 13.2 Å². The first-order chi connectivity index (χ1) is 6.91. The van der Waals surface area contributed by atoms with Gasteiger partial charge in [-0.05, 0) is 6.92 Å². The molecular weight excluding hydrogens is 209 g/mol. The molecular formula is C9H9F3N2O. The molecule has 0 fully saturated rings. The highest BCUT2D eigenvalue weighted by Gasteiger charge is 2.15. The Hall–Kier alpha value is -1.56. The van der Waals surface area contributed by atoms with Gasteiger partial charge in [-0.1, -0.05) is 0 Å². The second kappa shape index (κ2) is 4.31. The van der Waals surface area contributed by atoms with Gasteiger partial charge in [-0.2, -0.15) is 0 Å². The fourth-order valence-corrected chi connectivity index (χ4v) is 0.894. The van der Waals surface area contributed by atoms with Crippen LogP contribution in [0.25, 0.3) is 0 Å². The minimum Gasteiger partial charge on any atom is -0.322 e. The van der Waals surface area contributed by atoms with Gasteiger partial charge in [0.15, 0.2) is 11.6 Å². The molecule has 0 spiro atoms. The highest BCUT2D eigenvalue weighted by atomic mass is 19.2. The summed E-state index contributed by atoms with van der Waals surface area (Å²) in [4.78, 5) is 11.0. The molecule has 15 heavy (non-hydrogen) atoms. The van der Waals surface area contributed by atoms with E-state index in [4.69, 9.17) is 5.73 Å². The van der Waals surface area contributed by atoms with Crippen molar-refractivity contribution in [3.63, 3.8) is 0 Å². The van der Waals surface area contributed by atoms with E-state index in [1.807, 2.05) is 5.32 Å². The number of nitrogens with one attached hydrogen (secondary N) is 1. The van der Waals surface area contributed by atoms with Crippen LogP contribution in [0, 0.1) is 17.5 Å². The molecule has 0 aliphatic heterocycles. The van der Waals surface area contributed by atoms with Gasteiger partial charge >= 0.3 is 0 Å². The third kappa shape index (κ3) is 2.69. The molecule has 0 saturated heterocycles. The summed E-state index contributed by atoms with van der Waals surface area (Å²) < 4.78 is 38.4. The van der Waals surface area contributed by atoms with Crippen LogP contribution in [-0.2, 0) is 4.79 Å². The zero-order chi connectivity index (χ0) is 11.6. The smallest absolute Gasteiger partial charge is 0.241 e. The fourth-order valence-electron chi connectivity index (χ4n) is 0.894. The Labute approximate surface area is 84.1 Å². The largest absolute Gasteiger partial charge is 0.322 e. The summed E-state index contributed by atoms with van der Waals surface area (Å²) in [7, 11) is 0. The summed E-state index contributed by atoms with van der Waals surface area (Å²) in [5, 5.41) is 1.97. The van der Waals surface area contributed by atoms with E-state index >= 15 is 0 Å². The Kier molecular flexibility index (Phi) is 3.31. The van der Waals surface area contributed by atoms with Crippen LogP contribution in [0.15, 0.2) is 12.1 Å². The van der Waals surface area contributed by atoms with E-state index in [1.165, 1.54) is 6.92 Å². The maximum absolute atomic E-state index is 13.0. The predicted molar refractivity (Wildman–Crippen MR) is 48.6 cm³/mol. The van der Waals surface area contributed by atoms with Gasteiger partial charge in [0.2, 0.25) is 5.91 Å². The third-order valence-electron chi connectivity index (χ3n) is 1.66. The number of nitrogens with two attached hydrogens (primary N) is 1. The molecule has 0 radical (unpaired) electrons. The average Bonchev–Trinajstić information content (AvgIpc) is 2.13. The number of rotatable bonds is 2. The normalized spacial score (nSPS) is 12.3. The number of carbonyl (C=O) groups excluding carboxylic acids is 1. The van der Waals surface area contributed by atoms with Crippen molar-refractivity contribution in [2.24, 2.45) is 5.73 Å². The first kappa shape index (κ1) is 11.5. The lowest BCUT2D eigenvalue weighted by atomic mass is 10.2. The number of hydrogen-bond acceptors (Lipinski definition) is 2. The monoisotopic (exact) mass is 218 g/mol. The third-order valence-corrected chi connectivity index (χ3v) is 1.66. The zero-order valence-corrected chi connectivity index (χ0v) is 7.85. The number of carbonyl (C=O) groups is 1. The second-order valence-electron chi connectivity index (χ2n) is 3.03. The highest BCUT2D eigenvalue weighted by Crippen LogP contribution is 2.19. The molecule has 1 rings (SSSR count). The van der Waals surface area contributed by atoms with Gasteiger partial charge in [0.1, 0.15) is 5.82 Å². The van der Waals surface area contributed by atoms with Crippen LogP contribution in [0.3, 0.4) is 0 Å². The molecule has 0 heterocycles. The van der Waals surface area contributed by atoms with E-state index in [0.29, 0.717) is 12.1 Å². The van der Waals surface area contributed by atoms with Crippen LogP contribution >= 0.6 is 0 Å². The number of amides is 1. The lowest BCUT2D eigenvalue weighted by Gasteiger charge is -2.08. The van der Waals surface area contributed by atoms with Crippen molar-refractivity contribution in [3.05, 3.63) is 29.6 Å². The molecule has 0 bridgehead atoms. The van der Waals surface area contributed by atoms with E-state index < -0.39 is 35.1 Å². The molecule has 6 heteroatoms. The maximum Gasteiger partial charge on any atom is 0.241 e. The van der Waals surface area contributed by atoms with Crippen molar-refractivity contribution in [2.75, 3.05) is 5.32 Å². The van der Waals surface area contributed by atoms with Crippen molar-refractivity contribution in [1.82, 2.24) is 0 Å². The summed E-state index contributed by atoms with van der Waals surface area (Å²) in [6, 6.07) is 0.172. The molecule has 0 saturated carbocycles. The molecule has 1 amide bonds. The van der Waals surface area contributed by atoms with Gasteiger partial charge in [-0.3, -0.25) is 4.79 Å². The summed E-state index contributed by atoms with van der Waals surface area (Å²) in [6.07, 6.45) is 0. The lowest BCUT2D eigenvalue weighted by Crippen LogP contribution is -2.32. The van der Waals surface area contributed by atoms with Crippen LogP contribution in [0.1, 0.15) is 6.92 Å². The molecule has 1 aromatic carbocycles. The molecule has 0 aliphatic carbocycles. The molecule has 0 aliphatic rings. The molecule has 1 atom stereocenters. The fraction of sp³-hybridized carbons (Fsp3) is 0.222. The first-order valence-electron chi connectivity index (χ1n) is 4.13. The van der Waals surface area contributed by atoms with Crippen LogP contribution in [0.5, 0.6) is 0 Å². The van der Waals surface area contributed by atoms with Crippen molar-refractivity contribution in [3.8, 4) is 0 Å². The van der Waals surface area contributed by atoms with E-state index in [1.54, 1.807) is 0 Å². The van der Waals surface area contributed by atoms with Gasteiger partial charge in [0.25, 0.3) is 0 Å². The highest BCUT2D eigenvalue weighted by molar-refractivity contribution is 5.94. The Balaban J connectivity index is 2.99. The molecule has 82 valence electrons. The second-order valence-corrected chi connectivity index (χ2v) is 3.03. The molecule has 0 unspecified atom stereocenters. The zero-order valence-electron chi connectivity index (χ0n) is 7.85. The quantitative estimate of drug-likeness (QED) is 0.737. The topological polar surface area (TPSA) is 55.1 Å². The number of benzene rings is 1. The minimum absolute atomic E-state index is 0.386. The number of halogens is 3. The lowest BCUT2D eigenvalue weighted by molar-refractivity contribution is -0.117. The Bertz CT molecular complexity index is 393. The van der Waals surface area contributed by atoms with Crippen LogP contribution in [-0.4, -0.2) is 11.9 Å². The Morgan fingerprint density at radius 2 is 2.00 bits per heavy atom. The number of anilines is 1. The van der Waals surface area contributed by atoms with E-state index in [0.717, 1.165) is 0 Å². The summed E-state index contributed by atoms with van der Waals surface area (Å²) >= 11 is 0. The van der Waals surface area contributed by atoms with Crippen molar-refractivity contribution in [2.45, 2.75) is 13.0 Å². The standard InChI is InChI=1S/C9H9F3N2O/c1-4(13)9(15)14-7-3-5(10)2-6(11)8(7)12/h2-4H,13H2,1H3,(H,14,15)/t4-/m0/s1.